The van der Waals surface area contributed by atoms with E-state index in [1.165, 1.54) is 11.1 Å². The third-order valence-corrected chi connectivity index (χ3v) is 4.82. The number of methoxy groups -OCH3 is 1. The number of carbonyl (C=O) groups is 1. The highest BCUT2D eigenvalue weighted by Crippen LogP contribution is 2.30. The molecule has 0 aromatic heterocycles. The topological polar surface area (TPSA) is 38.3 Å². The van der Waals surface area contributed by atoms with Gasteiger partial charge in [-0.25, -0.2) is 0 Å². The maximum atomic E-state index is 12.8. The van der Waals surface area contributed by atoms with Gasteiger partial charge in [-0.05, 0) is 73.6 Å². The van der Waals surface area contributed by atoms with Crippen LogP contribution >= 0.6 is 0 Å². The maximum absolute atomic E-state index is 12.8. The lowest BCUT2D eigenvalue weighted by molar-refractivity contribution is 0.0939. The predicted molar refractivity (Wildman–Crippen MR) is 104 cm³/mol. The molecular weight excluding hydrogens is 310 g/mol. The lowest BCUT2D eigenvalue weighted by Gasteiger charge is -2.19. The summed E-state index contributed by atoms with van der Waals surface area (Å²) in [6.45, 7) is 12.4. The normalized spacial score (nSPS) is 12.2. The highest BCUT2D eigenvalue weighted by Gasteiger charge is 2.18. The zero-order valence-corrected chi connectivity index (χ0v) is 16.4. The molecule has 1 N–H and O–H groups in total. The highest BCUT2D eigenvalue weighted by molar-refractivity contribution is 5.96. The second-order valence-electron chi connectivity index (χ2n) is 7.10. The molecule has 134 valence electrons. The molecule has 0 aliphatic carbocycles. The molecule has 2 aromatic rings. The lowest BCUT2D eigenvalue weighted by Crippen LogP contribution is -2.27. The van der Waals surface area contributed by atoms with E-state index < -0.39 is 0 Å². The fourth-order valence-electron chi connectivity index (χ4n) is 2.96. The van der Waals surface area contributed by atoms with Gasteiger partial charge in [0.25, 0.3) is 5.91 Å². The fourth-order valence-corrected chi connectivity index (χ4v) is 2.96. The minimum atomic E-state index is -0.0484. The van der Waals surface area contributed by atoms with Gasteiger partial charge in [-0.1, -0.05) is 32.0 Å². The van der Waals surface area contributed by atoms with E-state index in [1.54, 1.807) is 7.11 Å². The number of aryl methyl sites for hydroxylation is 3. The molecular formula is C22H29NO2. The molecule has 0 unspecified atom stereocenters. The fraction of sp³-hybridized carbons (Fsp3) is 0.409. The monoisotopic (exact) mass is 339 g/mol. The van der Waals surface area contributed by atoms with E-state index >= 15 is 0 Å². The number of hydrogen-bond donors (Lipinski definition) is 1. The first kappa shape index (κ1) is 19.0. The van der Waals surface area contributed by atoms with Gasteiger partial charge in [0.15, 0.2) is 0 Å². The Hall–Kier alpha value is -2.29. The van der Waals surface area contributed by atoms with Crippen molar-refractivity contribution in [3.63, 3.8) is 0 Å². The molecule has 0 saturated carbocycles. The number of rotatable bonds is 5. The first-order valence-electron chi connectivity index (χ1n) is 8.81. The summed E-state index contributed by atoms with van der Waals surface area (Å²) in [5.74, 6) is 1.08. The van der Waals surface area contributed by atoms with Crippen LogP contribution in [0.15, 0.2) is 30.3 Å². The standard InChI is InChI=1S/C22H29NO2/c1-13(2)19-12-20(16(5)11-21(19)25-7)22(24)23-17(6)18-9-8-14(3)15(4)10-18/h8-13,17H,1-7H3,(H,23,24)/t17-/m0/s1. The Morgan fingerprint density at radius 3 is 2.20 bits per heavy atom. The van der Waals surface area contributed by atoms with Crippen molar-refractivity contribution in [2.75, 3.05) is 7.11 Å². The van der Waals surface area contributed by atoms with E-state index in [1.807, 2.05) is 26.0 Å². The molecule has 0 heterocycles. The average Bonchev–Trinajstić information content (AvgIpc) is 2.56. The molecule has 3 heteroatoms. The Morgan fingerprint density at radius 1 is 0.960 bits per heavy atom. The summed E-state index contributed by atoms with van der Waals surface area (Å²) in [5, 5.41) is 3.12. The Morgan fingerprint density at radius 2 is 1.64 bits per heavy atom. The molecule has 0 radical (unpaired) electrons. The van der Waals surface area contributed by atoms with Gasteiger partial charge in [0.05, 0.1) is 13.2 Å². The Bertz CT molecular complexity index is 778. The van der Waals surface area contributed by atoms with Crippen LogP contribution in [0.1, 0.15) is 70.9 Å². The number of hydrogen-bond acceptors (Lipinski definition) is 2. The number of carbonyl (C=O) groups excluding carboxylic acids is 1. The Balaban J connectivity index is 2.28. The third kappa shape index (κ3) is 4.22. The van der Waals surface area contributed by atoms with Crippen LogP contribution in [0.2, 0.25) is 0 Å². The first-order valence-corrected chi connectivity index (χ1v) is 8.81. The Kier molecular flexibility index (Phi) is 5.89. The minimum absolute atomic E-state index is 0.0456. The summed E-state index contributed by atoms with van der Waals surface area (Å²) in [4.78, 5) is 12.8. The van der Waals surface area contributed by atoms with Crippen molar-refractivity contribution in [3.05, 3.63) is 63.7 Å². The van der Waals surface area contributed by atoms with Crippen LogP contribution in [0.5, 0.6) is 5.75 Å². The first-order chi connectivity index (χ1) is 11.7. The van der Waals surface area contributed by atoms with Crippen molar-refractivity contribution < 1.29 is 9.53 Å². The molecule has 2 aromatic carbocycles. The van der Waals surface area contributed by atoms with Gasteiger partial charge in [-0.15, -0.1) is 0 Å². The number of nitrogens with one attached hydrogen (secondary N) is 1. The highest BCUT2D eigenvalue weighted by atomic mass is 16.5. The Labute approximate surface area is 151 Å². The van der Waals surface area contributed by atoms with Crippen molar-refractivity contribution in [3.8, 4) is 5.75 Å². The van der Waals surface area contributed by atoms with E-state index in [4.69, 9.17) is 4.74 Å². The summed E-state index contributed by atoms with van der Waals surface area (Å²) in [6, 6.07) is 10.2. The number of ether oxygens (including phenoxy) is 1. The zero-order chi connectivity index (χ0) is 18.7. The molecule has 1 atom stereocenters. The van der Waals surface area contributed by atoms with Crippen LogP contribution in [0, 0.1) is 20.8 Å². The zero-order valence-electron chi connectivity index (χ0n) is 16.4. The molecule has 25 heavy (non-hydrogen) atoms. The maximum Gasteiger partial charge on any atom is 0.252 e. The van der Waals surface area contributed by atoms with Crippen molar-refractivity contribution in [2.45, 2.75) is 53.5 Å². The molecule has 0 fully saturated rings. The van der Waals surface area contributed by atoms with Crippen LogP contribution in [0.25, 0.3) is 0 Å². The molecule has 0 aliphatic rings. The summed E-state index contributed by atoms with van der Waals surface area (Å²) in [6.07, 6.45) is 0. The van der Waals surface area contributed by atoms with Crippen LogP contribution in [0.3, 0.4) is 0 Å². The quantitative estimate of drug-likeness (QED) is 0.809. The van der Waals surface area contributed by atoms with Gasteiger partial charge in [-0.3, -0.25) is 4.79 Å². The van der Waals surface area contributed by atoms with Gasteiger partial charge >= 0.3 is 0 Å². The van der Waals surface area contributed by atoms with Crippen LogP contribution < -0.4 is 10.1 Å². The van der Waals surface area contributed by atoms with E-state index in [0.29, 0.717) is 11.5 Å². The van der Waals surface area contributed by atoms with Gasteiger partial charge in [0.2, 0.25) is 0 Å². The van der Waals surface area contributed by atoms with Gasteiger partial charge in [0, 0.05) is 5.56 Å². The molecule has 0 spiro atoms. The summed E-state index contributed by atoms with van der Waals surface area (Å²) < 4.78 is 5.47. The minimum Gasteiger partial charge on any atom is -0.496 e. The lowest BCUT2D eigenvalue weighted by atomic mass is 9.95. The molecule has 1 amide bonds. The van der Waals surface area contributed by atoms with Gasteiger partial charge in [0.1, 0.15) is 5.75 Å². The van der Waals surface area contributed by atoms with Gasteiger partial charge < -0.3 is 10.1 Å². The predicted octanol–water partition coefficient (Wildman–Crippen LogP) is 5.23. The second kappa shape index (κ2) is 7.73. The van der Waals surface area contributed by atoms with Crippen molar-refractivity contribution >= 4 is 5.91 Å². The van der Waals surface area contributed by atoms with E-state index in [9.17, 15) is 4.79 Å². The number of amides is 1. The summed E-state index contributed by atoms with van der Waals surface area (Å²) in [7, 11) is 1.67. The van der Waals surface area contributed by atoms with Crippen LogP contribution in [-0.4, -0.2) is 13.0 Å². The van der Waals surface area contributed by atoms with Crippen molar-refractivity contribution in [2.24, 2.45) is 0 Å². The second-order valence-corrected chi connectivity index (χ2v) is 7.10. The molecule has 2 rings (SSSR count). The van der Waals surface area contributed by atoms with E-state index in [-0.39, 0.29) is 11.9 Å². The summed E-state index contributed by atoms with van der Waals surface area (Å²) in [5.41, 5.74) is 6.30. The van der Waals surface area contributed by atoms with Gasteiger partial charge in [-0.2, -0.15) is 0 Å². The van der Waals surface area contributed by atoms with Crippen molar-refractivity contribution in [1.29, 1.82) is 0 Å². The SMILES string of the molecule is COc1cc(C)c(C(=O)N[C@@H](C)c2ccc(C)c(C)c2)cc1C(C)C. The van der Waals surface area contributed by atoms with E-state index in [2.05, 4.69) is 51.2 Å². The van der Waals surface area contributed by atoms with Crippen LogP contribution in [0.4, 0.5) is 0 Å². The van der Waals surface area contributed by atoms with Crippen LogP contribution in [-0.2, 0) is 0 Å². The molecule has 3 nitrogen and oxygen atoms in total. The molecule has 0 saturated heterocycles. The average molecular weight is 339 g/mol. The largest absolute Gasteiger partial charge is 0.496 e. The summed E-state index contributed by atoms with van der Waals surface area (Å²) >= 11 is 0. The molecule has 0 bridgehead atoms. The third-order valence-electron chi connectivity index (χ3n) is 4.82. The number of benzene rings is 2. The van der Waals surface area contributed by atoms with E-state index in [0.717, 1.165) is 22.4 Å². The van der Waals surface area contributed by atoms with Crippen molar-refractivity contribution in [1.82, 2.24) is 5.32 Å². The molecule has 0 aliphatic heterocycles. The smallest absolute Gasteiger partial charge is 0.252 e.